The van der Waals surface area contributed by atoms with Crippen LogP contribution in [0.5, 0.6) is 11.6 Å². The number of carbonyl (C=O) groups is 1. The second-order valence-corrected chi connectivity index (χ2v) is 12.0. The lowest BCUT2D eigenvalue weighted by molar-refractivity contribution is -0.139. The van der Waals surface area contributed by atoms with Crippen molar-refractivity contribution in [1.29, 1.82) is 0 Å². The molecule has 0 bridgehead atoms. The molecule has 0 amide bonds. The van der Waals surface area contributed by atoms with Gasteiger partial charge in [-0.2, -0.15) is 0 Å². The molecule has 1 heterocycles. The number of fused-ring (bicyclic) bond motifs is 3. The first kappa shape index (κ1) is 24.3. The summed E-state index contributed by atoms with van der Waals surface area (Å²) in [6.45, 7) is 2.72. The van der Waals surface area contributed by atoms with Crippen molar-refractivity contribution in [3.8, 4) is 22.8 Å². The lowest BCUT2D eigenvalue weighted by Gasteiger charge is -2.12. The van der Waals surface area contributed by atoms with Gasteiger partial charge in [-0.25, -0.2) is 13.4 Å². The maximum atomic E-state index is 11.3. The van der Waals surface area contributed by atoms with Crippen LogP contribution in [0.4, 0.5) is 0 Å². The van der Waals surface area contributed by atoms with Crippen LogP contribution >= 0.6 is 0 Å². The molecule has 2 aliphatic carbocycles. The number of hydrogen-bond acceptors (Lipinski definition) is 6. The Morgan fingerprint density at radius 1 is 1.14 bits per heavy atom. The molecule has 1 aromatic heterocycles. The van der Waals surface area contributed by atoms with E-state index in [9.17, 15) is 18.3 Å². The van der Waals surface area contributed by atoms with E-state index in [-0.39, 0.29) is 23.5 Å². The molecule has 188 valence electrons. The molecule has 0 radical (unpaired) electrons. The van der Waals surface area contributed by atoms with Crippen molar-refractivity contribution in [3.05, 3.63) is 77.0 Å². The summed E-state index contributed by atoms with van der Waals surface area (Å²) < 4.78 is 34.2. The first-order valence-corrected chi connectivity index (χ1v) is 14.1. The van der Waals surface area contributed by atoms with Gasteiger partial charge in [-0.3, -0.25) is 4.79 Å². The zero-order valence-corrected chi connectivity index (χ0v) is 21.1. The number of nitrogens with zero attached hydrogens (tertiary/aromatic N) is 1. The number of aromatic nitrogens is 1. The number of pyridine rings is 1. The predicted octanol–water partition coefficient (Wildman–Crippen LogP) is 4.42. The van der Waals surface area contributed by atoms with Gasteiger partial charge < -0.3 is 14.6 Å². The van der Waals surface area contributed by atoms with Crippen LogP contribution in [-0.4, -0.2) is 43.1 Å². The second kappa shape index (κ2) is 9.58. The Labute approximate surface area is 211 Å². The van der Waals surface area contributed by atoms with Gasteiger partial charge in [-0.15, -0.1) is 0 Å². The van der Waals surface area contributed by atoms with E-state index < -0.39 is 15.8 Å². The summed E-state index contributed by atoms with van der Waals surface area (Å²) in [5.41, 5.74) is 6.42. The van der Waals surface area contributed by atoms with E-state index in [0.717, 1.165) is 40.0 Å². The molecule has 8 heteroatoms. The van der Waals surface area contributed by atoms with E-state index in [1.54, 1.807) is 6.20 Å². The number of benzene rings is 2. The maximum absolute atomic E-state index is 11.3. The summed E-state index contributed by atoms with van der Waals surface area (Å²) in [4.78, 5) is 15.7. The molecule has 1 saturated carbocycles. The lowest BCUT2D eigenvalue weighted by Crippen LogP contribution is -2.08. The van der Waals surface area contributed by atoms with Crippen LogP contribution < -0.4 is 9.47 Å². The Morgan fingerprint density at radius 3 is 2.72 bits per heavy atom. The molecular weight excluding hydrogens is 478 g/mol. The molecule has 1 fully saturated rings. The zero-order chi connectivity index (χ0) is 25.4. The second-order valence-electron chi connectivity index (χ2n) is 9.78. The van der Waals surface area contributed by atoms with Crippen molar-refractivity contribution in [2.45, 2.75) is 32.3 Å². The minimum absolute atomic E-state index is 0.0939. The fourth-order valence-electron chi connectivity index (χ4n) is 5.22. The van der Waals surface area contributed by atoms with Gasteiger partial charge in [0.25, 0.3) is 0 Å². The van der Waals surface area contributed by atoms with Gasteiger partial charge in [-0.05, 0) is 71.7 Å². The third-order valence-electron chi connectivity index (χ3n) is 7.02. The van der Waals surface area contributed by atoms with Crippen LogP contribution in [0.15, 0.2) is 54.7 Å². The highest BCUT2D eigenvalue weighted by Gasteiger charge is 2.59. The summed E-state index contributed by atoms with van der Waals surface area (Å²) in [6, 6.07) is 16.0. The van der Waals surface area contributed by atoms with E-state index in [4.69, 9.17) is 9.47 Å². The molecule has 3 atom stereocenters. The van der Waals surface area contributed by atoms with Crippen LogP contribution in [0.1, 0.15) is 34.6 Å². The van der Waals surface area contributed by atoms with E-state index in [0.29, 0.717) is 25.5 Å². The van der Waals surface area contributed by atoms with E-state index in [1.165, 1.54) is 11.8 Å². The number of aryl methyl sites for hydroxylation is 1. The molecule has 0 spiro atoms. The molecule has 2 aliphatic rings. The van der Waals surface area contributed by atoms with Crippen molar-refractivity contribution >= 4 is 15.8 Å². The molecule has 3 unspecified atom stereocenters. The normalized spacial score (nSPS) is 19.9. The molecule has 36 heavy (non-hydrogen) atoms. The molecule has 7 nitrogen and oxygen atoms in total. The number of sulfone groups is 1. The Morgan fingerprint density at radius 2 is 1.97 bits per heavy atom. The smallest absolute Gasteiger partial charge is 0.307 e. The minimum atomic E-state index is -2.99. The molecule has 5 rings (SSSR count). The summed E-state index contributed by atoms with van der Waals surface area (Å²) in [5, 5.41) is 9.30. The fraction of sp³-hybridized carbons (Fsp3) is 0.357. The van der Waals surface area contributed by atoms with Gasteiger partial charge >= 0.3 is 5.97 Å². The van der Waals surface area contributed by atoms with Crippen LogP contribution in [0.25, 0.3) is 11.1 Å². The zero-order valence-electron chi connectivity index (χ0n) is 20.3. The van der Waals surface area contributed by atoms with Gasteiger partial charge in [-0.1, -0.05) is 24.3 Å². The molecule has 3 aromatic rings. The third-order valence-corrected chi connectivity index (χ3v) is 8.05. The monoisotopic (exact) mass is 507 g/mol. The molecule has 2 aromatic carbocycles. The van der Waals surface area contributed by atoms with Crippen molar-refractivity contribution < 1.29 is 27.8 Å². The van der Waals surface area contributed by atoms with Crippen LogP contribution in [0, 0.1) is 18.8 Å². The Kier molecular flexibility index (Phi) is 6.47. The fourth-order valence-corrected chi connectivity index (χ4v) is 5.86. The van der Waals surface area contributed by atoms with Gasteiger partial charge in [0, 0.05) is 30.0 Å². The van der Waals surface area contributed by atoms with Gasteiger partial charge in [0.2, 0.25) is 5.88 Å². The summed E-state index contributed by atoms with van der Waals surface area (Å²) >= 11 is 0. The van der Waals surface area contributed by atoms with Crippen molar-refractivity contribution in [2.75, 3.05) is 18.6 Å². The lowest BCUT2D eigenvalue weighted by atomic mass is 10.0. The van der Waals surface area contributed by atoms with Gasteiger partial charge in [0.05, 0.1) is 18.3 Å². The van der Waals surface area contributed by atoms with Crippen LogP contribution in [0.2, 0.25) is 0 Å². The molecule has 0 saturated heterocycles. The largest absolute Gasteiger partial charge is 0.489 e. The average Bonchev–Trinajstić information content (AvgIpc) is 3.43. The SMILES string of the molecule is Cc1cc(OCCCS(C)(=O)=O)ncc1-c1cccc(COc2ccc3c(c2)CC2C(C(=O)O)C32)c1. The molecule has 1 N–H and O–H groups in total. The van der Waals surface area contributed by atoms with Crippen molar-refractivity contribution in [1.82, 2.24) is 4.98 Å². The summed E-state index contributed by atoms with van der Waals surface area (Å²) in [7, 11) is -2.99. The number of rotatable bonds is 10. The first-order valence-electron chi connectivity index (χ1n) is 12.0. The third kappa shape index (κ3) is 5.23. The maximum Gasteiger partial charge on any atom is 0.307 e. The number of aliphatic carboxylic acids is 1. The average molecular weight is 508 g/mol. The topological polar surface area (TPSA) is 103 Å². The quantitative estimate of drug-likeness (QED) is 0.405. The minimum Gasteiger partial charge on any atom is -0.489 e. The van der Waals surface area contributed by atoms with Gasteiger partial charge in [0.1, 0.15) is 22.2 Å². The highest BCUT2D eigenvalue weighted by Crippen LogP contribution is 2.61. The summed E-state index contributed by atoms with van der Waals surface area (Å²) in [5.74, 6) is 0.875. The highest BCUT2D eigenvalue weighted by atomic mass is 32.2. The van der Waals surface area contributed by atoms with Gasteiger partial charge in [0.15, 0.2) is 0 Å². The molecule has 0 aliphatic heterocycles. The van der Waals surface area contributed by atoms with Crippen LogP contribution in [-0.2, 0) is 27.7 Å². The van der Waals surface area contributed by atoms with E-state index in [1.807, 2.05) is 49.4 Å². The molecular formula is C28H29NO6S. The number of carboxylic acids is 1. The highest BCUT2D eigenvalue weighted by molar-refractivity contribution is 7.90. The Balaban J connectivity index is 1.20. The predicted molar refractivity (Wildman–Crippen MR) is 136 cm³/mol. The van der Waals surface area contributed by atoms with E-state index >= 15 is 0 Å². The van der Waals surface area contributed by atoms with E-state index in [2.05, 4.69) is 11.1 Å². The number of hydrogen-bond donors (Lipinski definition) is 1. The standard InChI is InChI=1S/C28H29NO6S/c1-17-11-25(34-9-4-10-36(2,32)33)29-15-24(17)19-6-3-5-18(12-19)16-35-21-7-8-22-20(13-21)14-23-26(22)27(23)28(30)31/h3,5-8,11-13,15,23,26-27H,4,9-10,14,16H2,1-2H3,(H,30,31). The van der Waals surface area contributed by atoms with Crippen molar-refractivity contribution in [3.63, 3.8) is 0 Å². The summed E-state index contributed by atoms with van der Waals surface area (Å²) in [6.07, 6.45) is 4.23. The van der Waals surface area contributed by atoms with Crippen LogP contribution in [0.3, 0.4) is 0 Å². The number of carboxylic acid groups (broad SMARTS) is 1. The number of ether oxygens (including phenoxy) is 2. The Bertz CT molecular complexity index is 1420. The Hall–Kier alpha value is -3.39. The first-order chi connectivity index (χ1) is 17.2. The van der Waals surface area contributed by atoms with Crippen molar-refractivity contribution in [2.24, 2.45) is 11.8 Å².